The molecule has 0 aliphatic rings. The largest absolute Gasteiger partial charge is 0.286 e. The zero-order valence-electron chi connectivity index (χ0n) is 7.40. The second-order valence-electron chi connectivity index (χ2n) is 2.80. The lowest BCUT2D eigenvalue weighted by molar-refractivity contribution is 0.103. The summed E-state index contributed by atoms with van der Waals surface area (Å²) >= 11 is 4.75. The molecule has 3 nitrogen and oxygen atoms in total. The highest BCUT2D eigenvalue weighted by Gasteiger charge is 2.14. The molecule has 2 heterocycles. The zero-order valence-corrected chi connectivity index (χ0v) is 9.80. The summed E-state index contributed by atoms with van der Waals surface area (Å²) < 4.78 is 2.52. The van der Waals surface area contributed by atoms with E-state index in [1.54, 1.807) is 24.0 Å². The number of hydrogen-bond donors (Lipinski definition) is 0. The van der Waals surface area contributed by atoms with Gasteiger partial charge < -0.3 is 0 Å². The van der Waals surface area contributed by atoms with E-state index < -0.39 is 0 Å². The second kappa shape index (κ2) is 3.67. The number of aromatic nitrogens is 2. The van der Waals surface area contributed by atoms with Gasteiger partial charge in [-0.05, 0) is 28.1 Å². The molecule has 72 valence electrons. The average Bonchev–Trinajstić information content (AvgIpc) is 2.73. The summed E-state index contributed by atoms with van der Waals surface area (Å²) in [5, 5.41) is 5.85. The zero-order chi connectivity index (χ0) is 10.1. The average molecular weight is 271 g/mol. The van der Waals surface area contributed by atoms with Gasteiger partial charge in [-0.25, -0.2) is 0 Å². The predicted octanol–water partition coefficient (Wildman–Crippen LogP) is 2.48. The minimum atomic E-state index is 0.0145. The van der Waals surface area contributed by atoms with Crippen LogP contribution in [0.4, 0.5) is 0 Å². The Bertz CT molecular complexity index is 475. The molecule has 0 unspecified atom stereocenters. The summed E-state index contributed by atoms with van der Waals surface area (Å²) in [6.45, 7) is 0. The van der Waals surface area contributed by atoms with Crippen LogP contribution in [0.25, 0.3) is 0 Å². The normalized spacial score (nSPS) is 10.4. The van der Waals surface area contributed by atoms with Crippen LogP contribution >= 0.6 is 27.3 Å². The van der Waals surface area contributed by atoms with Crippen molar-refractivity contribution in [3.05, 3.63) is 38.8 Å². The Hall–Kier alpha value is -0.940. The SMILES string of the molecule is Cn1nccc1C(=O)c1cc(Br)cs1. The molecule has 5 heteroatoms. The van der Waals surface area contributed by atoms with E-state index in [2.05, 4.69) is 21.0 Å². The van der Waals surface area contributed by atoms with Gasteiger partial charge >= 0.3 is 0 Å². The van der Waals surface area contributed by atoms with E-state index in [1.165, 1.54) is 11.3 Å². The smallest absolute Gasteiger partial charge is 0.220 e. The van der Waals surface area contributed by atoms with Crippen molar-refractivity contribution in [2.24, 2.45) is 7.05 Å². The van der Waals surface area contributed by atoms with Gasteiger partial charge in [-0.2, -0.15) is 5.10 Å². The summed E-state index contributed by atoms with van der Waals surface area (Å²) in [6, 6.07) is 3.54. The molecule has 0 bridgehead atoms. The minimum Gasteiger partial charge on any atom is -0.286 e. The minimum absolute atomic E-state index is 0.0145. The summed E-state index contributed by atoms with van der Waals surface area (Å²) in [7, 11) is 1.76. The van der Waals surface area contributed by atoms with Crippen LogP contribution in [0.5, 0.6) is 0 Å². The lowest BCUT2D eigenvalue weighted by atomic mass is 10.2. The van der Waals surface area contributed by atoms with E-state index in [9.17, 15) is 4.79 Å². The maximum atomic E-state index is 11.9. The van der Waals surface area contributed by atoms with E-state index in [-0.39, 0.29) is 5.78 Å². The molecule has 2 aromatic rings. The topological polar surface area (TPSA) is 34.9 Å². The van der Waals surface area contributed by atoms with Crippen LogP contribution in [-0.4, -0.2) is 15.6 Å². The second-order valence-corrected chi connectivity index (χ2v) is 4.63. The molecular formula is C9H7BrN2OS. The van der Waals surface area contributed by atoms with Crippen LogP contribution in [0.3, 0.4) is 0 Å². The predicted molar refractivity (Wildman–Crippen MR) is 58.7 cm³/mol. The third-order valence-electron chi connectivity index (χ3n) is 1.84. The molecule has 0 fully saturated rings. The standard InChI is InChI=1S/C9H7BrN2OS/c1-12-7(2-3-11-12)9(13)8-4-6(10)5-14-8/h2-5H,1H3. The number of hydrogen-bond acceptors (Lipinski definition) is 3. The van der Waals surface area contributed by atoms with Crippen molar-refractivity contribution in [3.63, 3.8) is 0 Å². The van der Waals surface area contributed by atoms with Crippen molar-refractivity contribution < 1.29 is 4.79 Å². The molecule has 0 atom stereocenters. The van der Waals surface area contributed by atoms with E-state index in [0.717, 1.165) is 9.35 Å². The van der Waals surface area contributed by atoms with Crippen molar-refractivity contribution in [2.75, 3.05) is 0 Å². The Labute approximate surface area is 93.5 Å². The van der Waals surface area contributed by atoms with Gasteiger partial charge in [0.05, 0.1) is 4.88 Å². The van der Waals surface area contributed by atoms with Crippen LogP contribution < -0.4 is 0 Å². The lowest BCUT2D eigenvalue weighted by Gasteiger charge is -1.97. The summed E-state index contributed by atoms with van der Waals surface area (Å²) in [5.41, 5.74) is 0.611. The maximum Gasteiger partial charge on any atom is 0.220 e. The van der Waals surface area contributed by atoms with Crippen LogP contribution in [0.15, 0.2) is 28.2 Å². The monoisotopic (exact) mass is 270 g/mol. The van der Waals surface area contributed by atoms with Crippen molar-refractivity contribution >= 4 is 33.0 Å². The first kappa shape index (κ1) is 9.61. The third kappa shape index (κ3) is 1.65. The van der Waals surface area contributed by atoms with Gasteiger partial charge in [0.25, 0.3) is 0 Å². The molecule has 0 aliphatic carbocycles. The fourth-order valence-corrected chi connectivity index (χ4v) is 2.53. The van der Waals surface area contributed by atoms with Gasteiger partial charge in [-0.1, -0.05) is 0 Å². The van der Waals surface area contributed by atoms with Crippen LogP contribution in [0.2, 0.25) is 0 Å². The molecule has 0 saturated heterocycles. The highest BCUT2D eigenvalue weighted by molar-refractivity contribution is 9.10. The molecular weight excluding hydrogens is 264 g/mol. The highest BCUT2D eigenvalue weighted by atomic mass is 79.9. The Morgan fingerprint density at radius 2 is 2.43 bits per heavy atom. The van der Waals surface area contributed by atoms with Gasteiger partial charge in [0.15, 0.2) is 0 Å². The first-order valence-electron chi connectivity index (χ1n) is 3.95. The molecule has 2 aromatic heterocycles. The molecule has 2 rings (SSSR count). The Morgan fingerprint density at radius 1 is 1.64 bits per heavy atom. The van der Waals surface area contributed by atoms with Crippen molar-refractivity contribution in [1.82, 2.24) is 9.78 Å². The van der Waals surface area contributed by atoms with Crippen molar-refractivity contribution in [3.8, 4) is 0 Å². The molecule has 0 amide bonds. The van der Waals surface area contributed by atoms with Gasteiger partial charge in [0, 0.05) is 23.1 Å². The number of nitrogens with zero attached hydrogens (tertiary/aromatic N) is 2. The maximum absolute atomic E-state index is 11.9. The number of ketones is 1. The van der Waals surface area contributed by atoms with Crippen molar-refractivity contribution in [1.29, 1.82) is 0 Å². The number of aryl methyl sites for hydroxylation is 1. The van der Waals surface area contributed by atoms with Crippen molar-refractivity contribution in [2.45, 2.75) is 0 Å². The van der Waals surface area contributed by atoms with E-state index in [1.807, 2.05) is 11.4 Å². The Morgan fingerprint density at radius 3 is 2.93 bits per heavy atom. The van der Waals surface area contributed by atoms with Crippen LogP contribution in [0.1, 0.15) is 15.4 Å². The fraction of sp³-hybridized carbons (Fsp3) is 0.111. The first-order chi connectivity index (χ1) is 6.68. The third-order valence-corrected chi connectivity index (χ3v) is 3.53. The lowest BCUT2D eigenvalue weighted by Crippen LogP contribution is -2.06. The van der Waals surface area contributed by atoms with Gasteiger partial charge in [0.2, 0.25) is 5.78 Å². The molecule has 0 spiro atoms. The van der Waals surface area contributed by atoms with E-state index >= 15 is 0 Å². The summed E-state index contributed by atoms with van der Waals surface area (Å²) in [4.78, 5) is 12.6. The van der Waals surface area contributed by atoms with E-state index in [0.29, 0.717) is 5.69 Å². The molecule has 14 heavy (non-hydrogen) atoms. The van der Waals surface area contributed by atoms with Gasteiger partial charge in [-0.3, -0.25) is 9.48 Å². The van der Waals surface area contributed by atoms with Crippen LogP contribution in [-0.2, 0) is 7.05 Å². The Balaban J connectivity index is 2.38. The highest BCUT2D eigenvalue weighted by Crippen LogP contribution is 2.22. The molecule has 0 aliphatic heterocycles. The quantitative estimate of drug-likeness (QED) is 0.786. The van der Waals surface area contributed by atoms with Gasteiger partial charge in [-0.15, -0.1) is 11.3 Å². The molecule has 0 saturated carbocycles. The number of halogens is 1. The Kier molecular flexibility index (Phi) is 2.52. The number of carbonyl (C=O) groups excluding carboxylic acids is 1. The fourth-order valence-electron chi connectivity index (χ4n) is 1.15. The van der Waals surface area contributed by atoms with Crippen LogP contribution in [0, 0.1) is 0 Å². The first-order valence-corrected chi connectivity index (χ1v) is 5.62. The molecule has 0 radical (unpaired) electrons. The molecule has 0 aromatic carbocycles. The number of carbonyl (C=O) groups is 1. The molecule has 0 N–H and O–H groups in total. The number of rotatable bonds is 2. The summed E-state index contributed by atoms with van der Waals surface area (Å²) in [6.07, 6.45) is 1.62. The van der Waals surface area contributed by atoms with Gasteiger partial charge in [0.1, 0.15) is 5.69 Å². The van der Waals surface area contributed by atoms with E-state index in [4.69, 9.17) is 0 Å². The number of thiophene rings is 1. The summed E-state index contributed by atoms with van der Waals surface area (Å²) in [5.74, 6) is 0.0145.